The lowest BCUT2D eigenvalue weighted by Crippen LogP contribution is -2.10. The molecule has 0 aromatic heterocycles. The Morgan fingerprint density at radius 3 is 2.50 bits per heavy atom. The third-order valence-electron chi connectivity index (χ3n) is 2.74. The number of hydrogen-bond acceptors (Lipinski definition) is 3. The van der Waals surface area contributed by atoms with Crippen LogP contribution in [0, 0.1) is 6.92 Å². The molecule has 20 heavy (non-hydrogen) atoms. The summed E-state index contributed by atoms with van der Waals surface area (Å²) in [6.45, 7) is 2.72. The second-order valence-corrected chi connectivity index (χ2v) is 5.18. The maximum atomic E-state index is 11.1. The fraction of sp³-hybridized carbons (Fsp3) is 0.188. The maximum absolute atomic E-state index is 11.1. The van der Waals surface area contributed by atoms with Crippen LogP contribution < -0.4 is 9.47 Å². The minimum atomic E-state index is 0.387. The van der Waals surface area contributed by atoms with Crippen molar-refractivity contribution in [3.63, 3.8) is 0 Å². The Morgan fingerprint density at radius 1 is 1.10 bits per heavy atom. The summed E-state index contributed by atoms with van der Waals surface area (Å²) in [5, 5.41) is 0. The van der Waals surface area contributed by atoms with Crippen LogP contribution in [0.3, 0.4) is 0 Å². The van der Waals surface area contributed by atoms with E-state index in [4.69, 9.17) is 9.47 Å². The molecule has 0 bridgehead atoms. The molecule has 0 saturated heterocycles. The van der Waals surface area contributed by atoms with Gasteiger partial charge in [-0.3, -0.25) is 4.79 Å². The van der Waals surface area contributed by atoms with E-state index in [2.05, 4.69) is 15.9 Å². The number of hydrogen-bond donors (Lipinski definition) is 0. The Labute approximate surface area is 126 Å². The van der Waals surface area contributed by atoms with Crippen LogP contribution in [0.1, 0.15) is 15.9 Å². The lowest BCUT2D eigenvalue weighted by Gasteiger charge is -2.12. The van der Waals surface area contributed by atoms with Crippen molar-refractivity contribution in [2.75, 3.05) is 13.2 Å². The van der Waals surface area contributed by atoms with E-state index in [1.807, 2.05) is 43.3 Å². The number of ether oxygens (including phenoxy) is 2. The van der Waals surface area contributed by atoms with Gasteiger partial charge in [-0.25, -0.2) is 0 Å². The van der Waals surface area contributed by atoms with Crippen molar-refractivity contribution in [3.05, 3.63) is 58.1 Å². The van der Waals surface area contributed by atoms with Gasteiger partial charge in [0.25, 0.3) is 0 Å². The second-order valence-electron chi connectivity index (χ2n) is 4.27. The van der Waals surface area contributed by atoms with Gasteiger partial charge in [-0.15, -0.1) is 0 Å². The highest BCUT2D eigenvalue weighted by Crippen LogP contribution is 2.26. The fourth-order valence-corrected chi connectivity index (χ4v) is 2.45. The standard InChI is InChI=1S/C16H15BrO3/c1-12-9-14(17)10-13(11-18)16(12)20-8-7-19-15-5-3-2-4-6-15/h2-6,9-11H,7-8H2,1H3. The molecule has 0 spiro atoms. The zero-order chi connectivity index (χ0) is 14.4. The molecule has 0 saturated carbocycles. The van der Waals surface area contributed by atoms with Gasteiger partial charge in [-0.2, -0.15) is 0 Å². The van der Waals surface area contributed by atoms with Crippen molar-refractivity contribution in [1.29, 1.82) is 0 Å². The van der Waals surface area contributed by atoms with Gasteiger partial charge in [0.2, 0.25) is 0 Å². The summed E-state index contributed by atoms with van der Waals surface area (Å²) in [4.78, 5) is 11.1. The number of carbonyl (C=O) groups is 1. The minimum Gasteiger partial charge on any atom is -0.490 e. The summed E-state index contributed by atoms with van der Waals surface area (Å²) in [6, 6.07) is 13.2. The smallest absolute Gasteiger partial charge is 0.153 e. The van der Waals surface area contributed by atoms with Crippen molar-refractivity contribution in [2.24, 2.45) is 0 Å². The van der Waals surface area contributed by atoms with Crippen molar-refractivity contribution in [2.45, 2.75) is 6.92 Å². The van der Waals surface area contributed by atoms with Crippen LogP contribution in [-0.4, -0.2) is 19.5 Å². The van der Waals surface area contributed by atoms with Crippen LogP contribution in [0.25, 0.3) is 0 Å². The molecule has 0 aliphatic heterocycles. The molecule has 0 amide bonds. The SMILES string of the molecule is Cc1cc(Br)cc(C=O)c1OCCOc1ccccc1. The third kappa shape index (κ3) is 3.84. The van der Waals surface area contributed by atoms with E-state index < -0.39 is 0 Å². The quantitative estimate of drug-likeness (QED) is 0.591. The van der Waals surface area contributed by atoms with Crippen molar-refractivity contribution >= 4 is 22.2 Å². The Hall–Kier alpha value is -1.81. The molecule has 2 aromatic carbocycles. The monoisotopic (exact) mass is 334 g/mol. The molecule has 2 rings (SSSR count). The number of benzene rings is 2. The molecule has 3 nitrogen and oxygen atoms in total. The average Bonchev–Trinajstić information content (AvgIpc) is 2.45. The van der Waals surface area contributed by atoms with Crippen LogP contribution in [0.2, 0.25) is 0 Å². The van der Waals surface area contributed by atoms with E-state index in [-0.39, 0.29) is 0 Å². The van der Waals surface area contributed by atoms with Crippen LogP contribution >= 0.6 is 15.9 Å². The first-order valence-corrected chi connectivity index (χ1v) is 7.06. The molecule has 104 valence electrons. The Kier molecular flexibility index (Phi) is 5.18. The summed E-state index contributed by atoms with van der Waals surface area (Å²) in [6.07, 6.45) is 0.797. The van der Waals surface area contributed by atoms with Crippen LogP contribution in [0.5, 0.6) is 11.5 Å². The Bertz CT molecular complexity index is 582. The number of para-hydroxylation sites is 1. The van der Waals surface area contributed by atoms with Gasteiger partial charge < -0.3 is 9.47 Å². The molecular formula is C16H15BrO3. The van der Waals surface area contributed by atoms with Gasteiger partial charge >= 0.3 is 0 Å². The molecular weight excluding hydrogens is 320 g/mol. The molecule has 0 fully saturated rings. The average molecular weight is 335 g/mol. The molecule has 0 atom stereocenters. The maximum Gasteiger partial charge on any atom is 0.153 e. The zero-order valence-corrected chi connectivity index (χ0v) is 12.7. The predicted molar refractivity (Wildman–Crippen MR) is 81.7 cm³/mol. The molecule has 0 unspecified atom stereocenters. The van der Waals surface area contributed by atoms with Crippen molar-refractivity contribution in [1.82, 2.24) is 0 Å². The fourth-order valence-electron chi connectivity index (χ4n) is 1.86. The molecule has 0 radical (unpaired) electrons. The molecule has 4 heteroatoms. The largest absolute Gasteiger partial charge is 0.490 e. The highest BCUT2D eigenvalue weighted by molar-refractivity contribution is 9.10. The summed E-state index contributed by atoms with van der Waals surface area (Å²) >= 11 is 3.36. The van der Waals surface area contributed by atoms with E-state index >= 15 is 0 Å². The van der Waals surface area contributed by atoms with Crippen LogP contribution in [-0.2, 0) is 0 Å². The van der Waals surface area contributed by atoms with E-state index in [0.29, 0.717) is 24.5 Å². The summed E-state index contributed by atoms with van der Waals surface area (Å²) in [7, 11) is 0. The van der Waals surface area contributed by atoms with Gasteiger partial charge in [0.15, 0.2) is 6.29 Å². The van der Waals surface area contributed by atoms with E-state index in [1.54, 1.807) is 6.07 Å². The summed E-state index contributed by atoms with van der Waals surface area (Å²) in [5.74, 6) is 1.42. The molecule has 2 aromatic rings. The van der Waals surface area contributed by atoms with Crippen LogP contribution in [0.15, 0.2) is 46.9 Å². The Morgan fingerprint density at radius 2 is 1.80 bits per heavy atom. The van der Waals surface area contributed by atoms with Gasteiger partial charge in [0, 0.05) is 4.47 Å². The van der Waals surface area contributed by atoms with Gasteiger partial charge in [-0.05, 0) is 36.8 Å². The zero-order valence-electron chi connectivity index (χ0n) is 11.1. The van der Waals surface area contributed by atoms with Gasteiger partial charge in [0.1, 0.15) is 24.7 Å². The topological polar surface area (TPSA) is 35.5 Å². The normalized spacial score (nSPS) is 10.1. The number of aldehydes is 1. The van der Waals surface area contributed by atoms with E-state index in [0.717, 1.165) is 22.1 Å². The number of rotatable bonds is 6. The Balaban J connectivity index is 1.93. The van der Waals surface area contributed by atoms with Crippen molar-refractivity contribution < 1.29 is 14.3 Å². The molecule has 0 heterocycles. The second kappa shape index (κ2) is 7.10. The molecule has 0 N–H and O–H groups in total. The minimum absolute atomic E-state index is 0.387. The summed E-state index contributed by atoms with van der Waals surface area (Å²) in [5.41, 5.74) is 1.46. The predicted octanol–water partition coefficient (Wildman–Crippen LogP) is 4.03. The lowest BCUT2D eigenvalue weighted by molar-refractivity contribution is 0.111. The van der Waals surface area contributed by atoms with Gasteiger partial charge in [-0.1, -0.05) is 34.1 Å². The molecule has 0 aliphatic rings. The van der Waals surface area contributed by atoms with E-state index in [9.17, 15) is 4.79 Å². The number of halogens is 1. The first-order chi connectivity index (χ1) is 9.70. The molecule has 0 aliphatic carbocycles. The first-order valence-electron chi connectivity index (χ1n) is 6.26. The highest BCUT2D eigenvalue weighted by atomic mass is 79.9. The van der Waals surface area contributed by atoms with E-state index in [1.165, 1.54) is 0 Å². The summed E-state index contributed by atoms with van der Waals surface area (Å²) < 4.78 is 12.1. The highest BCUT2D eigenvalue weighted by Gasteiger charge is 2.08. The lowest BCUT2D eigenvalue weighted by atomic mass is 10.1. The van der Waals surface area contributed by atoms with Crippen molar-refractivity contribution in [3.8, 4) is 11.5 Å². The number of carbonyl (C=O) groups excluding carboxylic acids is 1. The first kappa shape index (κ1) is 14.6. The van der Waals surface area contributed by atoms with Gasteiger partial charge in [0.05, 0.1) is 5.56 Å². The third-order valence-corrected chi connectivity index (χ3v) is 3.19. The van der Waals surface area contributed by atoms with Crippen LogP contribution in [0.4, 0.5) is 0 Å². The number of aryl methyl sites for hydroxylation is 1.